The van der Waals surface area contributed by atoms with Crippen molar-refractivity contribution in [3.63, 3.8) is 0 Å². The van der Waals surface area contributed by atoms with Crippen LogP contribution in [0.3, 0.4) is 0 Å². The molecule has 136 valence electrons. The lowest BCUT2D eigenvalue weighted by Crippen LogP contribution is -2.04. The molecule has 0 aliphatic carbocycles. The lowest BCUT2D eigenvalue weighted by Gasteiger charge is -2.03. The molecule has 0 spiro atoms. The van der Waals surface area contributed by atoms with E-state index in [1.165, 1.54) is 12.1 Å². The molecule has 5 nitrogen and oxygen atoms in total. The Bertz CT molecular complexity index is 925. The summed E-state index contributed by atoms with van der Waals surface area (Å²) >= 11 is 0. The molecule has 0 bridgehead atoms. The molecule has 0 atom stereocenters. The van der Waals surface area contributed by atoms with E-state index in [1.54, 1.807) is 12.1 Å². The van der Waals surface area contributed by atoms with Gasteiger partial charge in [0.2, 0.25) is 0 Å². The summed E-state index contributed by atoms with van der Waals surface area (Å²) in [6, 6.07) is 22.2. The van der Waals surface area contributed by atoms with Crippen molar-refractivity contribution >= 4 is 10.1 Å². The van der Waals surface area contributed by atoms with E-state index < -0.39 is 10.1 Å². The van der Waals surface area contributed by atoms with Crippen LogP contribution in [0, 0.1) is 6.92 Å². The molecule has 1 heterocycles. The molecule has 6 heteroatoms. The van der Waals surface area contributed by atoms with Gasteiger partial charge >= 0.3 is 0 Å². The van der Waals surface area contributed by atoms with Crippen LogP contribution < -0.4 is 5.73 Å². The van der Waals surface area contributed by atoms with Gasteiger partial charge in [0.25, 0.3) is 10.1 Å². The van der Waals surface area contributed by atoms with E-state index in [4.69, 9.17) is 10.3 Å². The Hall–Kier alpha value is -2.54. The zero-order valence-corrected chi connectivity index (χ0v) is 15.4. The third-order valence-corrected chi connectivity index (χ3v) is 4.46. The van der Waals surface area contributed by atoms with Gasteiger partial charge in [0.1, 0.15) is 0 Å². The first-order chi connectivity index (χ1) is 12.4. The molecule has 0 saturated carbocycles. The predicted octanol–water partition coefficient (Wildman–Crippen LogP) is 3.49. The summed E-state index contributed by atoms with van der Waals surface area (Å²) < 4.78 is 29.6. The van der Waals surface area contributed by atoms with Crippen molar-refractivity contribution in [3.8, 4) is 11.3 Å². The van der Waals surface area contributed by atoms with Crippen LogP contribution in [-0.2, 0) is 16.5 Å². The number of hydrogen-bond acceptors (Lipinski definition) is 4. The van der Waals surface area contributed by atoms with Crippen molar-refractivity contribution in [3.05, 3.63) is 84.1 Å². The zero-order chi connectivity index (χ0) is 19.0. The van der Waals surface area contributed by atoms with Gasteiger partial charge in [-0.05, 0) is 37.7 Å². The molecule has 0 fully saturated rings. The minimum Gasteiger partial charge on any atom is -0.330 e. The van der Waals surface area contributed by atoms with Crippen LogP contribution in [0.2, 0.25) is 0 Å². The molecule has 3 rings (SSSR count). The largest absolute Gasteiger partial charge is 0.330 e. The molecule has 3 aromatic rings. The summed E-state index contributed by atoms with van der Waals surface area (Å²) in [5.41, 5.74) is 9.68. The molecule has 2 aromatic carbocycles. The molecule has 1 aromatic heterocycles. The Kier molecular flexibility index (Phi) is 7.03. The normalized spacial score (nSPS) is 10.7. The van der Waals surface area contributed by atoms with Crippen molar-refractivity contribution in [2.24, 2.45) is 5.73 Å². The molecule has 0 amide bonds. The summed E-state index contributed by atoms with van der Waals surface area (Å²) in [5, 5.41) is 0. The molecule has 0 aliphatic heterocycles. The Balaban J connectivity index is 0.000000197. The summed E-state index contributed by atoms with van der Waals surface area (Å²) in [4.78, 5) is 4.49. The first kappa shape index (κ1) is 19.8. The molecule has 3 N–H and O–H groups in total. The number of hydrogen-bond donors (Lipinski definition) is 2. The summed E-state index contributed by atoms with van der Waals surface area (Å²) in [6.45, 7) is 2.49. The highest BCUT2D eigenvalue weighted by molar-refractivity contribution is 7.85. The maximum atomic E-state index is 10.5. The number of benzene rings is 2. The van der Waals surface area contributed by atoms with E-state index in [9.17, 15) is 8.42 Å². The zero-order valence-electron chi connectivity index (χ0n) is 14.5. The van der Waals surface area contributed by atoms with Gasteiger partial charge in [-0.1, -0.05) is 54.1 Å². The average molecular weight is 370 g/mol. The van der Waals surface area contributed by atoms with Gasteiger partial charge in [-0.2, -0.15) is 8.42 Å². The van der Waals surface area contributed by atoms with Crippen LogP contribution in [-0.4, -0.2) is 24.5 Å². The van der Waals surface area contributed by atoms with E-state index in [1.807, 2.05) is 43.3 Å². The fourth-order valence-electron chi connectivity index (χ4n) is 2.25. The fraction of sp³-hybridized carbons (Fsp3) is 0.150. The molecule has 26 heavy (non-hydrogen) atoms. The number of aromatic nitrogens is 1. The third-order valence-electron chi connectivity index (χ3n) is 3.60. The first-order valence-corrected chi connectivity index (χ1v) is 9.60. The van der Waals surface area contributed by atoms with Crippen molar-refractivity contribution in [1.82, 2.24) is 4.98 Å². The molecule has 0 aliphatic rings. The number of aryl methyl sites for hydroxylation is 1. The fourth-order valence-corrected chi connectivity index (χ4v) is 2.73. The van der Waals surface area contributed by atoms with Crippen molar-refractivity contribution in [2.45, 2.75) is 18.2 Å². The highest BCUT2D eigenvalue weighted by Gasteiger charge is 2.06. The Morgan fingerprint density at radius 2 is 1.58 bits per heavy atom. The molecule has 0 saturated heterocycles. The SMILES string of the molecule is Cc1ccc(S(=O)(=O)O)cc1.NCCc1cccc(-c2ccccc2)n1. The summed E-state index contributed by atoms with van der Waals surface area (Å²) in [7, 11) is -4.02. The van der Waals surface area contributed by atoms with Gasteiger partial charge in [-0.25, -0.2) is 0 Å². The number of rotatable bonds is 4. The van der Waals surface area contributed by atoms with Crippen LogP contribution in [0.25, 0.3) is 11.3 Å². The van der Waals surface area contributed by atoms with Crippen molar-refractivity contribution in [2.75, 3.05) is 6.54 Å². The Morgan fingerprint density at radius 3 is 2.15 bits per heavy atom. The summed E-state index contributed by atoms with van der Waals surface area (Å²) in [6.07, 6.45) is 0.834. The smallest absolute Gasteiger partial charge is 0.294 e. The highest BCUT2D eigenvalue weighted by atomic mass is 32.2. The van der Waals surface area contributed by atoms with Crippen LogP contribution in [0.15, 0.2) is 77.7 Å². The van der Waals surface area contributed by atoms with Gasteiger partial charge in [0.05, 0.1) is 10.6 Å². The van der Waals surface area contributed by atoms with Crippen LogP contribution in [0.4, 0.5) is 0 Å². The monoisotopic (exact) mass is 370 g/mol. The lowest BCUT2D eigenvalue weighted by molar-refractivity contribution is 0.483. The van der Waals surface area contributed by atoms with Gasteiger partial charge < -0.3 is 5.73 Å². The highest BCUT2D eigenvalue weighted by Crippen LogP contribution is 2.16. The second kappa shape index (κ2) is 9.24. The molecule has 0 unspecified atom stereocenters. The molecular formula is C20H22N2O3S. The molecule has 0 radical (unpaired) electrons. The average Bonchev–Trinajstić information content (AvgIpc) is 2.63. The second-order valence-electron chi connectivity index (χ2n) is 5.71. The molecular weight excluding hydrogens is 348 g/mol. The number of pyridine rings is 1. The van der Waals surface area contributed by atoms with Crippen LogP contribution >= 0.6 is 0 Å². The van der Waals surface area contributed by atoms with Gasteiger partial charge in [0.15, 0.2) is 0 Å². The van der Waals surface area contributed by atoms with Gasteiger partial charge in [0, 0.05) is 17.7 Å². The Morgan fingerprint density at radius 1 is 0.923 bits per heavy atom. The second-order valence-corrected chi connectivity index (χ2v) is 7.13. The topological polar surface area (TPSA) is 93.3 Å². The van der Waals surface area contributed by atoms with Crippen molar-refractivity contribution in [1.29, 1.82) is 0 Å². The lowest BCUT2D eigenvalue weighted by atomic mass is 10.1. The maximum Gasteiger partial charge on any atom is 0.294 e. The van der Waals surface area contributed by atoms with Crippen LogP contribution in [0.1, 0.15) is 11.3 Å². The summed E-state index contributed by atoms with van der Waals surface area (Å²) in [5.74, 6) is 0. The first-order valence-electron chi connectivity index (χ1n) is 8.16. The van der Waals surface area contributed by atoms with Crippen LogP contribution in [0.5, 0.6) is 0 Å². The van der Waals surface area contributed by atoms with Gasteiger partial charge in [-0.15, -0.1) is 0 Å². The maximum absolute atomic E-state index is 10.5. The standard InChI is InChI=1S/C13H14N2.C7H8O3S/c14-10-9-12-7-4-8-13(15-12)11-5-2-1-3-6-11;1-6-2-4-7(5-3-6)11(8,9)10/h1-8H,9-10,14H2;2-5H,1H3,(H,8,9,10). The van der Waals surface area contributed by atoms with E-state index in [0.717, 1.165) is 28.9 Å². The quantitative estimate of drug-likeness (QED) is 0.686. The third kappa shape index (κ3) is 6.07. The van der Waals surface area contributed by atoms with E-state index in [-0.39, 0.29) is 4.90 Å². The van der Waals surface area contributed by atoms with E-state index >= 15 is 0 Å². The number of nitrogens with two attached hydrogens (primary N) is 1. The van der Waals surface area contributed by atoms with Gasteiger partial charge in [-0.3, -0.25) is 9.54 Å². The van der Waals surface area contributed by atoms with E-state index in [0.29, 0.717) is 6.54 Å². The van der Waals surface area contributed by atoms with E-state index in [2.05, 4.69) is 17.1 Å². The minimum atomic E-state index is -4.02. The van der Waals surface area contributed by atoms with Crippen molar-refractivity contribution < 1.29 is 13.0 Å². The minimum absolute atomic E-state index is 0.0666. The Labute approximate surface area is 154 Å². The predicted molar refractivity (Wildman–Crippen MR) is 103 cm³/mol. The number of nitrogens with zero attached hydrogens (tertiary/aromatic N) is 1.